The van der Waals surface area contributed by atoms with Crippen molar-refractivity contribution in [3.05, 3.63) is 10.6 Å². The molecule has 0 spiro atoms. The number of anilines is 1. The van der Waals surface area contributed by atoms with E-state index in [1.54, 1.807) is 6.92 Å². The van der Waals surface area contributed by atoms with Crippen LogP contribution in [0.1, 0.15) is 17.5 Å². The highest BCUT2D eigenvalue weighted by Crippen LogP contribution is 2.34. The van der Waals surface area contributed by atoms with E-state index in [9.17, 15) is 18.0 Å². The number of carbonyl (C=O) groups is 1. The van der Waals surface area contributed by atoms with Gasteiger partial charge in [-0.1, -0.05) is 0 Å². The Balaban J connectivity index is 2.60. The summed E-state index contributed by atoms with van der Waals surface area (Å²) in [6.45, 7) is 4.81. The molecule has 8 heteroatoms. The summed E-state index contributed by atoms with van der Waals surface area (Å²) in [7, 11) is 0. The van der Waals surface area contributed by atoms with Crippen LogP contribution in [0.3, 0.4) is 0 Å². The molecule has 1 rings (SSSR count). The molecule has 0 fully saturated rings. The Bertz CT molecular complexity index is 397. The van der Waals surface area contributed by atoms with E-state index in [4.69, 9.17) is 0 Å². The fourth-order valence-electron chi connectivity index (χ4n) is 0.987. The van der Waals surface area contributed by atoms with E-state index in [2.05, 4.69) is 10.3 Å². The van der Waals surface area contributed by atoms with Crippen LogP contribution in [0.4, 0.5) is 18.3 Å². The minimum Gasteiger partial charge on any atom is -0.301 e. The molecule has 0 saturated carbocycles. The first-order valence-corrected chi connectivity index (χ1v) is 6.38. The fourth-order valence-corrected chi connectivity index (χ4v) is 2.37. The van der Waals surface area contributed by atoms with Crippen molar-refractivity contribution in [3.8, 4) is 0 Å². The second-order valence-electron chi connectivity index (χ2n) is 3.36. The highest BCUT2D eigenvalue weighted by molar-refractivity contribution is 8.01. The Morgan fingerprint density at radius 1 is 1.47 bits per heavy atom. The van der Waals surface area contributed by atoms with Crippen LogP contribution in [0, 0.1) is 13.8 Å². The number of rotatable bonds is 3. The Labute approximate surface area is 105 Å². The van der Waals surface area contributed by atoms with Crippen molar-refractivity contribution in [2.45, 2.75) is 31.5 Å². The van der Waals surface area contributed by atoms with Crippen molar-refractivity contribution >= 4 is 34.1 Å². The molecule has 1 amide bonds. The van der Waals surface area contributed by atoms with Gasteiger partial charge in [0.25, 0.3) is 0 Å². The van der Waals surface area contributed by atoms with Crippen molar-refractivity contribution in [2.24, 2.45) is 0 Å². The van der Waals surface area contributed by atoms with Gasteiger partial charge in [-0.15, -0.1) is 11.3 Å². The summed E-state index contributed by atoms with van der Waals surface area (Å²) in [6, 6.07) is 0. The molecule has 1 aromatic heterocycles. The number of aromatic nitrogens is 1. The molecule has 0 unspecified atom stereocenters. The quantitative estimate of drug-likeness (QED) is 0.925. The van der Waals surface area contributed by atoms with E-state index in [0.29, 0.717) is 5.13 Å². The number of aryl methyl sites for hydroxylation is 2. The molecule has 1 atom stereocenters. The highest BCUT2D eigenvalue weighted by Gasteiger charge is 2.34. The number of thioether (sulfide) groups is 1. The van der Waals surface area contributed by atoms with Gasteiger partial charge in [0.05, 0.1) is 10.9 Å². The van der Waals surface area contributed by atoms with Gasteiger partial charge in [-0.3, -0.25) is 4.79 Å². The van der Waals surface area contributed by atoms with Gasteiger partial charge < -0.3 is 5.32 Å². The third-order valence-electron chi connectivity index (χ3n) is 1.94. The Hall–Kier alpha value is -0.760. The average molecular weight is 284 g/mol. The molecule has 3 nitrogen and oxygen atoms in total. The van der Waals surface area contributed by atoms with Crippen LogP contribution < -0.4 is 5.32 Å². The summed E-state index contributed by atoms with van der Waals surface area (Å²) in [5.41, 5.74) is -3.65. The minimum atomic E-state index is -4.41. The zero-order chi connectivity index (χ0) is 13.2. The predicted molar refractivity (Wildman–Crippen MR) is 63.3 cm³/mol. The van der Waals surface area contributed by atoms with E-state index in [0.717, 1.165) is 10.6 Å². The Morgan fingerprint density at radius 3 is 2.47 bits per heavy atom. The normalized spacial score (nSPS) is 13.5. The van der Waals surface area contributed by atoms with E-state index < -0.39 is 16.7 Å². The lowest BCUT2D eigenvalue weighted by molar-refractivity contribution is -0.115. The van der Waals surface area contributed by atoms with Gasteiger partial charge in [0, 0.05) is 4.88 Å². The first-order valence-electron chi connectivity index (χ1n) is 4.68. The number of nitrogens with zero attached hydrogens (tertiary/aromatic N) is 1. The molecule has 0 bridgehead atoms. The van der Waals surface area contributed by atoms with Crippen LogP contribution in [0.15, 0.2) is 0 Å². The van der Waals surface area contributed by atoms with E-state index in [1.165, 1.54) is 18.3 Å². The number of alkyl halides is 3. The summed E-state index contributed by atoms with van der Waals surface area (Å²) >= 11 is 0.904. The van der Waals surface area contributed by atoms with Crippen LogP contribution in [-0.2, 0) is 4.79 Å². The lowest BCUT2D eigenvalue weighted by Crippen LogP contribution is -2.25. The van der Waals surface area contributed by atoms with Crippen molar-refractivity contribution in [1.29, 1.82) is 0 Å². The van der Waals surface area contributed by atoms with Crippen LogP contribution in [0.25, 0.3) is 0 Å². The molecule has 0 aromatic carbocycles. The van der Waals surface area contributed by atoms with Crippen molar-refractivity contribution in [3.63, 3.8) is 0 Å². The summed E-state index contributed by atoms with van der Waals surface area (Å²) in [5.74, 6) is -0.693. The molecule has 0 aliphatic heterocycles. The number of nitrogens with one attached hydrogen (secondary N) is 1. The number of halogens is 3. The van der Waals surface area contributed by atoms with Gasteiger partial charge >= 0.3 is 5.51 Å². The van der Waals surface area contributed by atoms with E-state index in [-0.39, 0.29) is 11.8 Å². The maximum atomic E-state index is 12.0. The molecule has 1 heterocycles. The van der Waals surface area contributed by atoms with Gasteiger partial charge in [0.2, 0.25) is 5.91 Å². The standard InChI is InChI=1S/C9H11F3N2OS2/c1-4-5(2)16-8(13-4)14-7(15)6(3)17-9(10,11)12/h6H,1-3H3,(H,13,14,15)/t6-/m1/s1. The molecule has 1 aromatic rings. The number of thiazole rings is 1. The van der Waals surface area contributed by atoms with E-state index in [1.807, 2.05) is 6.92 Å². The number of amides is 1. The highest BCUT2D eigenvalue weighted by atomic mass is 32.2. The number of hydrogen-bond acceptors (Lipinski definition) is 4. The summed E-state index contributed by atoms with van der Waals surface area (Å²) in [6.07, 6.45) is 0. The summed E-state index contributed by atoms with van der Waals surface area (Å²) < 4.78 is 36.1. The lowest BCUT2D eigenvalue weighted by atomic mass is 10.4. The first kappa shape index (κ1) is 14.3. The average Bonchev–Trinajstić information content (AvgIpc) is 2.42. The zero-order valence-corrected chi connectivity index (χ0v) is 11.0. The molecule has 96 valence electrons. The third-order valence-corrected chi connectivity index (χ3v) is 3.76. The van der Waals surface area contributed by atoms with Crippen LogP contribution in [-0.4, -0.2) is 21.6 Å². The second kappa shape index (κ2) is 5.26. The van der Waals surface area contributed by atoms with Crippen LogP contribution >= 0.6 is 23.1 Å². The molecule has 0 saturated heterocycles. The molecule has 0 aliphatic rings. The van der Waals surface area contributed by atoms with Crippen LogP contribution in [0.5, 0.6) is 0 Å². The van der Waals surface area contributed by atoms with Crippen molar-refractivity contribution in [2.75, 3.05) is 5.32 Å². The molecule has 1 N–H and O–H groups in total. The largest absolute Gasteiger partial charge is 0.442 e. The van der Waals surface area contributed by atoms with Gasteiger partial charge in [0.1, 0.15) is 0 Å². The molecular formula is C9H11F3N2OS2. The topological polar surface area (TPSA) is 42.0 Å². The fraction of sp³-hybridized carbons (Fsp3) is 0.556. The van der Waals surface area contributed by atoms with Gasteiger partial charge in [-0.25, -0.2) is 4.98 Å². The van der Waals surface area contributed by atoms with Crippen molar-refractivity contribution in [1.82, 2.24) is 4.98 Å². The number of carbonyl (C=O) groups excluding carboxylic acids is 1. The first-order chi connectivity index (χ1) is 7.69. The lowest BCUT2D eigenvalue weighted by Gasteiger charge is -2.12. The van der Waals surface area contributed by atoms with Gasteiger partial charge in [0.15, 0.2) is 5.13 Å². The SMILES string of the molecule is Cc1nc(NC(=O)[C@@H](C)SC(F)(F)F)sc1C. The van der Waals surface area contributed by atoms with E-state index >= 15 is 0 Å². The Morgan fingerprint density at radius 2 is 2.06 bits per heavy atom. The van der Waals surface area contributed by atoms with Crippen LogP contribution in [0.2, 0.25) is 0 Å². The Kier molecular flexibility index (Phi) is 4.42. The monoisotopic (exact) mass is 284 g/mol. The zero-order valence-electron chi connectivity index (χ0n) is 9.38. The number of hydrogen-bond donors (Lipinski definition) is 1. The van der Waals surface area contributed by atoms with Crippen molar-refractivity contribution < 1.29 is 18.0 Å². The summed E-state index contributed by atoms with van der Waals surface area (Å²) in [4.78, 5) is 16.4. The maximum Gasteiger partial charge on any atom is 0.442 e. The molecule has 0 aliphatic carbocycles. The third kappa shape index (κ3) is 4.55. The summed E-state index contributed by atoms with van der Waals surface area (Å²) in [5, 5.41) is 1.51. The second-order valence-corrected chi connectivity index (χ2v) is 5.96. The maximum absolute atomic E-state index is 12.0. The predicted octanol–water partition coefficient (Wildman–Crippen LogP) is 3.34. The molecular weight excluding hydrogens is 273 g/mol. The van der Waals surface area contributed by atoms with Gasteiger partial charge in [-0.2, -0.15) is 13.2 Å². The molecule has 17 heavy (non-hydrogen) atoms. The minimum absolute atomic E-state index is 0.333. The van der Waals surface area contributed by atoms with Gasteiger partial charge in [-0.05, 0) is 32.5 Å². The molecule has 0 radical (unpaired) electrons. The smallest absolute Gasteiger partial charge is 0.301 e.